The van der Waals surface area contributed by atoms with Crippen molar-refractivity contribution in [2.24, 2.45) is 0 Å². The highest BCUT2D eigenvalue weighted by Crippen LogP contribution is 2.25. The van der Waals surface area contributed by atoms with Crippen LogP contribution in [0.25, 0.3) is 0 Å². The second-order valence-corrected chi connectivity index (χ2v) is 5.77. The van der Waals surface area contributed by atoms with Crippen LogP contribution in [-0.4, -0.2) is 53.5 Å². The van der Waals surface area contributed by atoms with Gasteiger partial charge in [-0.25, -0.2) is 18.5 Å². The van der Waals surface area contributed by atoms with Crippen molar-refractivity contribution in [1.82, 2.24) is 10.2 Å². The third-order valence-corrected chi connectivity index (χ3v) is 3.90. The summed E-state index contributed by atoms with van der Waals surface area (Å²) in [6.45, 7) is 0.0199. The van der Waals surface area contributed by atoms with Gasteiger partial charge < -0.3 is 15.3 Å². The lowest BCUT2D eigenvalue weighted by Crippen LogP contribution is -2.34. The monoisotopic (exact) mass is 369 g/mol. The van der Waals surface area contributed by atoms with Gasteiger partial charge in [0.05, 0.1) is 12.1 Å². The zero-order valence-corrected chi connectivity index (χ0v) is 13.9. The van der Waals surface area contributed by atoms with Crippen molar-refractivity contribution >= 4 is 29.5 Å². The highest BCUT2D eigenvalue weighted by atomic mass is 19.1. The van der Waals surface area contributed by atoms with E-state index < -0.39 is 35.6 Å². The van der Waals surface area contributed by atoms with E-state index in [2.05, 4.69) is 5.32 Å². The molecular weight excluding hydrogens is 352 g/mol. The molecule has 1 unspecified atom stereocenters. The van der Waals surface area contributed by atoms with Crippen LogP contribution < -0.4 is 10.2 Å². The lowest BCUT2D eigenvalue weighted by atomic mass is 10.1. The van der Waals surface area contributed by atoms with E-state index >= 15 is 0 Å². The summed E-state index contributed by atoms with van der Waals surface area (Å²) in [6.07, 6.45) is -0.342. The predicted octanol–water partition coefficient (Wildman–Crippen LogP) is 1.10. The van der Waals surface area contributed by atoms with Crippen molar-refractivity contribution in [3.05, 3.63) is 29.8 Å². The zero-order valence-electron chi connectivity index (χ0n) is 13.9. The summed E-state index contributed by atoms with van der Waals surface area (Å²) in [5, 5.41) is 10.9. The second-order valence-electron chi connectivity index (χ2n) is 5.77. The molecule has 2 rings (SSSR count). The number of carboxylic acids is 1. The number of hydrogen-bond acceptors (Lipinski definition) is 4. The van der Waals surface area contributed by atoms with Gasteiger partial charge in [0.1, 0.15) is 17.7 Å². The van der Waals surface area contributed by atoms with Crippen LogP contribution in [0.15, 0.2) is 18.2 Å². The third kappa shape index (κ3) is 4.32. The molecule has 0 spiro atoms. The summed E-state index contributed by atoms with van der Waals surface area (Å²) in [7, 11) is 1.43. The van der Waals surface area contributed by atoms with Crippen LogP contribution in [0.4, 0.5) is 19.3 Å². The van der Waals surface area contributed by atoms with Gasteiger partial charge in [0.25, 0.3) is 5.91 Å². The largest absolute Gasteiger partial charge is 0.481 e. The van der Waals surface area contributed by atoms with Crippen molar-refractivity contribution < 1.29 is 33.1 Å². The number of benzene rings is 1. The Morgan fingerprint density at radius 1 is 1.27 bits per heavy atom. The second kappa shape index (κ2) is 7.89. The molecule has 1 fully saturated rings. The Labute approximate surface area is 147 Å². The van der Waals surface area contributed by atoms with Crippen molar-refractivity contribution in [2.45, 2.75) is 25.3 Å². The molecule has 1 aliphatic heterocycles. The lowest BCUT2D eigenvalue weighted by molar-refractivity contribution is -0.138. The maximum atomic E-state index is 13.8. The number of amides is 4. The lowest BCUT2D eigenvalue weighted by Gasteiger charge is -2.17. The summed E-state index contributed by atoms with van der Waals surface area (Å²) in [5.41, 5.74) is -0.374. The number of anilines is 1. The summed E-state index contributed by atoms with van der Waals surface area (Å²) in [6, 6.07) is 0.577. The van der Waals surface area contributed by atoms with E-state index in [4.69, 9.17) is 5.11 Å². The number of urea groups is 1. The van der Waals surface area contributed by atoms with Crippen LogP contribution in [0.5, 0.6) is 0 Å². The number of hydrogen-bond donors (Lipinski definition) is 2. The van der Waals surface area contributed by atoms with Gasteiger partial charge in [0.15, 0.2) is 0 Å². The topological polar surface area (TPSA) is 107 Å². The molecule has 4 amide bonds. The number of nitrogens with one attached hydrogen (secondary N) is 1. The van der Waals surface area contributed by atoms with Gasteiger partial charge in [-0.1, -0.05) is 0 Å². The van der Waals surface area contributed by atoms with Crippen LogP contribution in [-0.2, 0) is 14.4 Å². The molecule has 0 aromatic heterocycles. The number of carbonyl (C=O) groups excluding carboxylic acids is 3. The molecule has 2 N–H and O–H groups in total. The smallest absolute Gasteiger partial charge is 0.329 e. The summed E-state index contributed by atoms with van der Waals surface area (Å²) in [4.78, 5) is 48.5. The Hall–Kier alpha value is -3.04. The van der Waals surface area contributed by atoms with E-state index in [9.17, 15) is 28.0 Å². The minimum atomic E-state index is -1.06. The standard InChI is InChI=1S/C16H17F2N3O5/c1-20(7-6-14(23)24)13(22)5-3-11-15(25)21(16(26)19-11)12-4-2-9(17)8-10(12)18/h2,4,8,11H,3,5-7H2,1H3,(H,19,26)(H,23,24). The molecule has 0 aliphatic carbocycles. The van der Waals surface area contributed by atoms with Crippen molar-refractivity contribution in [2.75, 3.05) is 18.5 Å². The first-order valence-electron chi connectivity index (χ1n) is 7.76. The number of carboxylic acid groups (broad SMARTS) is 1. The van der Waals surface area contributed by atoms with Gasteiger partial charge in [-0.3, -0.25) is 14.4 Å². The van der Waals surface area contributed by atoms with E-state index in [1.54, 1.807) is 0 Å². The molecule has 1 aliphatic rings. The maximum Gasteiger partial charge on any atom is 0.329 e. The first kappa shape index (κ1) is 19.3. The first-order chi connectivity index (χ1) is 12.2. The predicted molar refractivity (Wildman–Crippen MR) is 85.3 cm³/mol. The molecule has 10 heteroatoms. The number of halogens is 2. The van der Waals surface area contributed by atoms with E-state index in [0.29, 0.717) is 11.0 Å². The van der Waals surface area contributed by atoms with Crippen molar-refractivity contribution in [3.63, 3.8) is 0 Å². The van der Waals surface area contributed by atoms with Gasteiger partial charge in [-0.2, -0.15) is 0 Å². The SMILES string of the molecule is CN(CCC(=O)O)C(=O)CCC1NC(=O)N(c2ccc(F)cc2F)C1=O. The number of nitrogens with zero attached hydrogens (tertiary/aromatic N) is 2. The van der Waals surface area contributed by atoms with Gasteiger partial charge in [0, 0.05) is 26.1 Å². The van der Waals surface area contributed by atoms with Crippen molar-refractivity contribution in [3.8, 4) is 0 Å². The van der Waals surface area contributed by atoms with Gasteiger partial charge in [-0.05, 0) is 18.6 Å². The Balaban J connectivity index is 1.98. The molecule has 1 aromatic rings. The quantitative estimate of drug-likeness (QED) is 0.700. The molecule has 8 nitrogen and oxygen atoms in total. The average molecular weight is 369 g/mol. The molecular formula is C16H17F2N3O5. The highest BCUT2D eigenvalue weighted by molar-refractivity contribution is 6.21. The summed E-state index contributed by atoms with van der Waals surface area (Å²) in [5.74, 6) is -4.08. The van der Waals surface area contributed by atoms with Crippen LogP contribution >= 0.6 is 0 Å². The molecule has 0 saturated carbocycles. The Morgan fingerprint density at radius 2 is 1.96 bits per heavy atom. The molecule has 140 valence electrons. The molecule has 0 bridgehead atoms. The zero-order chi connectivity index (χ0) is 19.4. The van der Waals surface area contributed by atoms with Crippen LogP contribution in [0.1, 0.15) is 19.3 Å². The molecule has 1 atom stereocenters. The summed E-state index contributed by atoms with van der Waals surface area (Å²) < 4.78 is 26.8. The molecule has 1 aromatic carbocycles. The molecule has 26 heavy (non-hydrogen) atoms. The fourth-order valence-corrected chi connectivity index (χ4v) is 2.46. The summed E-state index contributed by atoms with van der Waals surface area (Å²) >= 11 is 0. The van der Waals surface area contributed by atoms with Gasteiger partial charge in [-0.15, -0.1) is 0 Å². The molecule has 1 saturated heterocycles. The number of aliphatic carboxylic acids is 1. The highest BCUT2D eigenvalue weighted by Gasteiger charge is 2.40. The molecule has 1 heterocycles. The van der Waals surface area contributed by atoms with Crippen LogP contribution in [0.3, 0.4) is 0 Å². The van der Waals surface area contributed by atoms with E-state index in [1.165, 1.54) is 11.9 Å². The van der Waals surface area contributed by atoms with E-state index in [-0.39, 0.29) is 37.4 Å². The first-order valence-corrected chi connectivity index (χ1v) is 7.76. The minimum Gasteiger partial charge on any atom is -0.481 e. The Kier molecular flexibility index (Phi) is 5.86. The van der Waals surface area contributed by atoms with Crippen molar-refractivity contribution in [1.29, 1.82) is 0 Å². The molecule has 0 radical (unpaired) electrons. The average Bonchev–Trinajstić information content (AvgIpc) is 2.84. The maximum absolute atomic E-state index is 13.8. The Bertz CT molecular complexity index is 755. The third-order valence-electron chi connectivity index (χ3n) is 3.90. The Morgan fingerprint density at radius 3 is 2.58 bits per heavy atom. The van der Waals surface area contributed by atoms with E-state index in [1.807, 2.05) is 0 Å². The fourth-order valence-electron chi connectivity index (χ4n) is 2.46. The van der Waals surface area contributed by atoms with Gasteiger partial charge in [0.2, 0.25) is 5.91 Å². The number of imide groups is 1. The fraction of sp³-hybridized carbons (Fsp3) is 0.375. The van der Waals surface area contributed by atoms with Crippen LogP contribution in [0.2, 0.25) is 0 Å². The minimum absolute atomic E-state index is 0.0199. The number of rotatable bonds is 7. The van der Waals surface area contributed by atoms with Crippen LogP contribution in [0, 0.1) is 11.6 Å². The number of carbonyl (C=O) groups is 4. The van der Waals surface area contributed by atoms with E-state index in [0.717, 1.165) is 12.1 Å². The van der Waals surface area contributed by atoms with Gasteiger partial charge >= 0.3 is 12.0 Å². The normalized spacial score (nSPS) is 16.6.